The first-order chi connectivity index (χ1) is 20.1. The maximum absolute atomic E-state index is 13.2. The number of carbonyl (C=O) groups excluding carboxylic acids is 1. The highest BCUT2D eigenvalue weighted by Crippen LogP contribution is 2.28. The Balaban J connectivity index is 1.16. The molecule has 9 nitrogen and oxygen atoms in total. The second-order valence-electron chi connectivity index (χ2n) is 10.8. The third kappa shape index (κ3) is 8.98. The monoisotopic (exact) mass is 588 g/mol. The quantitative estimate of drug-likeness (QED) is 0.190. The average Bonchev–Trinajstić information content (AvgIpc) is 3.55. The number of likely N-dealkylation sites (tertiary alicyclic amines) is 1. The first-order valence-electron chi connectivity index (χ1n) is 14.2. The van der Waals surface area contributed by atoms with Gasteiger partial charge < -0.3 is 30.0 Å². The lowest BCUT2D eigenvalue weighted by Gasteiger charge is -2.34. The number of alkyl halides is 3. The predicted molar refractivity (Wildman–Crippen MR) is 155 cm³/mol. The first kappa shape index (κ1) is 31.4. The van der Waals surface area contributed by atoms with Crippen LogP contribution in [0.4, 0.5) is 18.9 Å². The molecular formula is C30H39F3N6O3. The molecule has 0 saturated carbocycles. The molecule has 1 saturated heterocycles. The summed E-state index contributed by atoms with van der Waals surface area (Å²) in [5.41, 5.74) is 7.17. The van der Waals surface area contributed by atoms with E-state index in [2.05, 4.69) is 41.1 Å². The van der Waals surface area contributed by atoms with E-state index in [1.807, 2.05) is 0 Å². The minimum absolute atomic E-state index is 0.0491. The molecule has 1 fully saturated rings. The molecule has 1 aromatic carbocycles. The van der Waals surface area contributed by atoms with E-state index in [9.17, 15) is 18.0 Å². The van der Waals surface area contributed by atoms with E-state index < -0.39 is 12.7 Å². The number of hydrogen-bond donors (Lipinski definition) is 2. The molecule has 1 aliphatic rings. The Morgan fingerprint density at radius 1 is 1.21 bits per heavy atom. The molecule has 0 bridgehead atoms. The highest BCUT2D eigenvalue weighted by Gasteiger charge is 2.30. The fourth-order valence-corrected chi connectivity index (χ4v) is 5.15. The van der Waals surface area contributed by atoms with Crippen LogP contribution in [0.15, 0.2) is 36.7 Å². The van der Waals surface area contributed by atoms with Gasteiger partial charge in [0.05, 0.1) is 55.9 Å². The third-order valence-electron chi connectivity index (χ3n) is 7.55. The maximum Gasteiger partial charge on any atom is 0.406 e. The summed E-state index contributed by atoms with van der Waals surface area (Å²) >= 11 is 0. The maximum atomic E-state index is 13.2. The number of nitrogens with zero attached hydrogens (tertiary/aromatic N) is 4. The lowest BCUT2D eigenvalue weighted by atomic mass is 9.85. The summed E-state index contributed by atoms with van der Waals surface area (Å²) in [4.78, 5) is 14.9. The van der Waals surface area contributed by atoms with Crippen LogP contribution >= 0.6 is 0 Å². The van der Waals surface area contributed by atoms with Crippen molar-refractivity contribution in [3.05, 3.63) is 47.9 Å². The van der Waals surface area contributed by atoms with Crippen LogP contribution in [0.3, 0.4) is 0 Å². The summed E-state index contributed by atoms with van der Waals surface area (Å²) in [5.74, 6) is 6.49. The number of anilines is 1. The van der Waals surface area contributed by atoms with Gasteiger partial charge in [-0.25, -0.2) is 0 Å². The predicted octanol–water partition coefficient (Wildman–Crippen LogP) is 3.77. The van der Waals surface area contributed by atoms with Gasteiger partial charge in [-0.15, -0.1) is 0 Å². The van der Waals surface area contributed by atoms with Crippen molar-refractivity contribution in [2.45, 2.75) is 39.0 Å². The minimum atomic E-state index is -4.43. The first-order valence-corrected chi connectivity index (χ1v) is 14.2. The Bertz CT molecular complexity index is 1390. The van der Waals surface area contributed by atoms with Crippen molar-refractivity contribution in [1.82, 2.24) is 24.6 Å². The smallest absolute Gasteiger partial charge is 0.398 e. The summed E-state index contributed by atoms with van der Waals surface area (Å²) in [6.07, 6.45) is 0.930. The van der Waals surface area contributed by atoms with Crippen molar-refractivity contribution < 1.29 is 27.4 Å². The number of amides is 1. The largest absolute Gasteiger partial charge is 0.406 e. The van der Waals surface area contributed by atoms with E-state index in [1.54, 1.807) is 29.1 Å². The number of benzene rings is 1. The zero-order valence-electron chi connectivity index (χ0n) is 24.1. The number of piperidine rings is 1. The lowest BCUT2D eigenvalue weighted by Crippen LogP contribution is -2.37. The summed E-state index contributed by atoms with van der Waals surface area (Å²) in [7, 11) is 2.17. The van der Waals surface area contributed by atoms with Crippen LogP contribution in [-0.4, -0.2) is 84.4 Å². The standard InChI is InChI=1S/C30H39F3N6O3/c1-22-8-11-37(2)19-23(22)9-13-41-15-16-42-14-12-38-20-24(18-36-38)29(40)35-10-4-5-25-17-26-27(34)6-3-7-28(26)39(25)21-30(31,32)33/h3,6-7,17-18,20,22-23H,8-16,19,21,34H2,1-2H3,(H,35,40)/t22?,23-/m1/s1. The van der Waals surface area contributed by atoms with E-state index in [0.29, 0.717) is 54.4 Å². The Hall–Kier alpha value is -3.53. The molecule has 42 heavy (non-hydrogen) atoms. The number of nitrogens with two attached hydrogens (primary N) is 1. The van der Waals surface area contributed by atoms with Crippen LogP contribution in [0, 0.1) is 23.7 Å². The number of halogens is 3. The molecule has 3 N–H and O–H groups in total. The fourth-order valence-electron chi connectivity index (χ4n) is 5.15. The fraction of sp³-hybridized carbons (Fsp3) is 0.533. The van der Waals surface area contributed by atoms with E-state index in [1.165, 1.54) is 25.2 Å². The van der Waals surface area contributed by atoms with Crippen molar-refractivity contribution >= 4 is 22.5 Å². The zero-order valence-corrected chi connectivity index (χ0v) is 24.1. The Kier molecular flexibility index (Phi) is 10.9. The number of nitrogen functional groups attached to an aromatic ring is 1. The Morgan fingerprint density at radius 3 is 2.79 bits per heavy atom. The van der Waals surface area contributed by atoms with Gasteiger partial charge in [-0.3, -0.25) is 9.48 Å². The molecular weight excluding hydrogens is 549 g/mol. The molecule has 4 rings (SSSR count). The average molecular weight is 589 g/mol. The lowest BCUT2D eigenvalue weighted by molar-refractivity contribution is -0.140. The topological polar surface area (TPSA) is 99.6 Å². The van der Waals surface area contributed by atoms with E-state index in [0.717, 1.165) is 30.1 Å². The second-order valence-corrected chi connectivity index (χ2v) is 10.8. The molecule has 228 valence electrons. The van der Waals surface area contributed by atoms with Gasteiger partial charge in [-0.1, -0.05) is 18.9 Å². The van der Waals surface area contributed by atoms with Crippen LogP contribution in [0.2, 0.25) is 0 Å². The van der Waals surface area contributed by atoms with Gasteiger partial charge in [0.1, 0.15) is 6.54 Å². The van der Waals surface area contributed by atoms with E-state index in [-0.39, 0.29) is 18.1 Å². The minimum Gasteiger partial charge on any atom is -0.398 e. The number of hydrogen-bond acceptors (Lipinski definition) is 6. The Morgan fingerprint density at radius 2 is 2.00 bits per heavy atom. The normalized spacial score (nSPS) is 17.7. The molecule has 2 aromatic heterocycles. The number of aromatic nitrogens is 3. The van der Waals surface area contributed by atoms with Crippen LogP contribution in [0.1, 0.15) is 35.8 Å². The van der Waals surface area contributed by atoms with Gasteiger partial charge in [0, 0.05) is 30.4 Å². The van der Waals surface area contributed by atoms with Gasteiger partial charge in [0.2, 0.25) is 0 Å². The zero-order chi connectivity index (χ0) is 30.1. The molecule has 3 aromatic rings. The summed E-state index contributed by atoms with van der Waals surface area (Å²) in [5, 5.41) is 7.33. The number of rotatable bonds is 12. The number of ether oxygens (including phenoxy) is 2. The summed E-state index contributed by atoms with van der Waals surface area (Å²) < 4.78 is 53.6. The SMILES string of the molecule is CC1CCN(C)C[C@H]1CCOCCOCCn1cc(C(=O)NCC#Cc2cc3c(N)cccc3n2CC(F)(F)F)cn1. The van der Waals surface area contributed by atoms with Gasteiger partial charge in [-0.2, -0.15) is 18.3 Å². The molecule has 12 heteroatoms. The van der Waals surface area contributed by atoms with Crippen molar-refractivity contribution in [3.8, 4) is 11.8 Å². The van der Waals surface area contributed by atoms with Crippen molar-refractivity contribution in [3.63, 3.8) is 0 Å². The highest BCUT2D eigenvalue weighted by molar-refractivity contribution is 5.94. The molecule has 2 atom stereocenters. The summed E-state index contributed by atoms with van der Waals surface area (Å²) in [6, 6.07) is 6.32. The molecule has 1 aliphatic heterocycles. The van der Waals surface area contributed by atoms with Gasteiger partial charge in [-0.05, 0) is 62.4 Å². The number of fused-ring (bicyclic) bond motifs is 1. The molecule has 1 amide bonds. The molecule has 0 radical (unpaired) electrons. The van der Waals surface area contributed by atoms with Crippen LogP contribution in [-0.2, 0) is 22.6 Å². The third-order valence-corrected chi connectivity index (χ3v) is 7.55. The van der Waals surface area contributed by atoms with Crippen LogP contribution in [0.25, 0.3) is 10.9 Å². The highest BCUT2D eigenvalue weighted by atomic mass is 19.4. The second kappa shape index (κ2) is 14.6. The van der Waals surface area contributed by atoms with E-state index >= 15 is 0 Å². The molecule has 1 unspecified atom stereocenters. The Labute approximate surface area is 244 Å². The number of nitrogens with one attached hydrogen (secondary N) is 1. The van der Waals surface area contributed by atoms with E-state index in [4.69, 9.17) is 15.2 Å². The van der Waals surface area contributed by atoms with Gasteiger partial charge >= 0.3 is 6.18 Å². The van der Waals surface area contributed by atoms with Crippen molar-refractivity contribution in [1.29, 1.82) is 0 Å². The van der Waals surface area contributed by atoms with Crippen molar-refractivity contribution in [2.24, 2.45) is 11.8 Å². The number of carbonyl (C=O) groups is 1. The molecule has 0 aliphatic carbocycles. The van der Waals surface area contributed by atoms with Crippen LogP contribution in [0.5, 0.6) is 0 Å². The van der Waals surface area contributed by atoms with Gasteiger partial charge in [0.15, 0.2) is 0 Å². The van der Waals surface area contributed by atoms with Crippen molar-refractivity contribution in [2.75, 3.05) is 58.8 Å². The summed E-state index contributed by atoms with van der Waals surface area (Å²) in [6.45, 7) is 6.05. The molecule has 0 spiro atoms. The van der Waals surface area contributed by atoms with Gasteiger partial charge in [0.25, 0.3) is 5.91 Å². The molecule has 3 heterocycles. The van der Waals surface area contributed by atoms with Crippen LogP contribution < -0.4 is 11.1 Å².